The highest BCUT2D eigenvalue weighted by Crippen LogP contribution is 2.25. The van der Waals surface area contributed by atoms with Gasteiger partial charge in [0.25, 0.3) is 0 Å². The van der Waals surface area contributed by atoms with Crippen molar-refractivity contribution in [2.45, 2.75) is 6.04 Å². The van der Waals surface area contributed by atoms with Crippen molar-refractivity contribution in [2.24, 2.45) is 11.5 Å². The summed E-state index contributed by atoms with van der Waals surface area (Å²) in [5.41, 5.74) is 11.3. The Morgan fingerprint density at radius 2 is 2.27 bits per heavy atom. The number of amides is 1. The second kappa shape index (κ2) is 5.34. The molecule has 0 aromatic heterocycles. The van der Waals surface area contributed by atoms with Gasteiger partial charge < -0.3 is 16.8 Å². The van der Waals surface area contributed by atoms with Gasteiger partial charge in [0, 0.05) is 16.7 Å². The fourth-order valence-electron chi connectivity index (χ4n) is 0.934. The molecule has 1 amide bonds. The average Bonchev–Trinajstić information content (AvgIpc) is 2.19. The van der Waals surface area contributed by atoms with Gasteiger partial charge >= 0.3 is 0 Å². The maximum absolute atomic E-state index is 10.7. The average molecular weight is 293 g/mol. The molecule has 0 spiro atoms. The molecule has 0 aliphatic carbocycles. The molecular formula is C9H11BrClN3O. The smallest absolute Gasteiger partial charge is 0.236 e. The molecule has 0 saturated heterocycles. The molecule has 1 aromatic carbocycles. The van der Waals surface area contributed by atoms with Crippen LogP contribution in [0.4, 0.5) is 5.69 Å². The number of nitrogens with one attached hydrogen (secondary N) is 1. The van der Waals surface area contributed by atoms with E-state index in [0.717, 1.165) is 10.2 Å². The largest absolute Gasteiger partial charge is 0.383 e. The first kappa shape index (κ1) is 12.3. The molecular weight excluding hydrogens is 281 g/mol. The Balaban J connectivity index is 2.58. The Hall–Kier alpha value is -0.780. The van der Waals surface area contributed by atoms with E-state index in [1.165, 1.54) is 0 Å². The summed E-state index contributed by atoms with van der Waals surface area (Å²) in [6.07, 6.45) is 0. The van der Waals surface area contributed by atoms with E-state index in [1.807, 2.05) is 6.07 Å². The Morgan fingerprint density at radius 1 is 1.60 bits per heavy atom. The van der Waals surface area contributed by atoms with Crippen LogP contribution in [0.5, 0.6) is 0 Å². The van der Waals surface area contributed by atoms with Gasteiger partial charge in [0.15, 0.2) is 0 Å². The van der Waals surface area contributed by atoms with Crippen LogP contribution < -0.4 is 16.8 Å². The topological polar surface area (TPSA) is 81.1 Å². The number of carbonyl (C=O) groups is 1. The van der Waals surface area contributed by atoms with Gasteiger partial charge in [-0.05, 0) is 34.1 Å². The lowest BCUT2D eigenvalue weighted by Gasteiger charge is -2.10. The fourth-order valence-corrected chi connectivity index (χ4v) is 1.36. The first-order valence-electron chi connectivity index (χ1n) is 4.24. The maximum Gasteiger partial charge on any atom is 0.236 e. The zero-order valence-electron chi connectivity index (χ0n) is 7.84. The molecule has 0 fully saturated rings. The molecule has 0 aliphatic rings. The Kier molecular flexibility index (Phi) is 4.38. The fraction of sp³-hybridized carbons (Fsp3) is 0.222. The minimum Gasteiger partial charge on any atom is -0.383 e. The van der Waals surface area contributed by atoms with E-state index in [2.05, 4.69) is 21.2 Å². The monoisotopic (exact) mass is 291 g/mol. The van der Waals surface area contributed by atoms with Crippen LogP contribution in [-0.2, 0) is 4.79 Å². The summed E-state index contributed by atoms with van der Waals surface area (Å²) in [7, 11) is 0. The summed E-state index contributed by atoms with van der Waals surface area (Å²) in [4.78, 5) is 10.7. The summed E-state index contributed by atoms with van der Waals surface area (Å²) in [6.45, 7) is 0.285. The van der Waals surface area contributed by atoms with Crippen LogP contribution in [0, 0.1) is 0 Å². The van der Waals surface area contributed by atoms with E-state index in [1.54, 1.807) is 12.1 Å². The molecule has 1 atom stereocenters. The lowest BCUT2D eigenvalue weighted by atomic mass is 10.2. The summed E-state index contributed by atoms with van der Waals surface area (Å²) >= 11 is 9.16. The van der Waals surface area contributed by atoms with Crippen LogP contribution in [0.15, 0.2) is 22.7 Å². The van der Waals surface area contributed by atoms with Crippen LogP contribution in [0.2, 0.25) is 5.02 Å². The molecule has 15 heavy (non-hydrogen) atoms. The third-order valence-electron chi connectivity index (χ3n) is 1.81. The first-order valence-corrected chi connectivity index (χ1v) is 5.41. The molecule has 1 aromatic rings. The summed E-state index contributed by atoms with van der Waals surface area (Å²) < 4.78 is 0.814. The third kappa shape index (κ3) is 3.70. The van der Waals surface area contributed by atoms with Crippen molar-refractivity contribution in [1.29, 1.82) is 0 Å². The van der Waals surface area contributed by atoms with Gasteiger partial charge in [0.05, 0.1) is 5.02 Å². The summed E-state index contributed by atoms with van der Waals surface area (Å²) in [6, 6.07) is 4.66. The second-order valence-corrected chi connectivity index (χ2v) is 4.28. The standard InChI is InChI=1S/C9H11BrClN3O/c10-6-2-1-5(3-7(6)11)14-4-8(12)9(13)15/h1-3,8,14H,4,12H2,(H2,13,15). The Bertz CT molecular complexity index is 372. The predicted octanol–water partition coefficient (Wildman–Crippen LogP) is 1.33. The van der Waals surface area contributed by atoms with Gasteiger partial charge in [-0.3, -0.25) is 4.79 Å². The van der Waals surface area contributed by atoms with E-state index in [9.17, 15) is 4.79 Å². The predicted molar refractivity (Wildman–Crippen MR) is 64.8 cm³/mol. The molecule has 0 heterocycles. The normalized spacial score (nSPS) is 12.2. The van der Waals surface area contributed by atoms with Gasteiger partial charge in [-0.25, -0.2) is 0 Å². The molecule has 0 radical (unpaired) electrons. The van der Waals surface area contributed by atoms with Gasteiger partial charge in [0.1, 0.15) is 6.04 Å². The van der Waals surface area contributed by atoms with Crippen molar-refractivity contribution in [3.05, 3.63) is 27.7 Å². The number of hydrogen-bond donors (Lipinski definition) is 3. The zero-order valence-corrected chi connectivity index (χ0v) is 10.2. The van der Waals surface area contributed by atoms with Gasteiger partial charge in [-0.15, -0.1) is 0 Å². The highest BCUT2D eigenvalue weighted by atomic mass is 79.9. The number of hydrogen-bond acceptors (Lipinski definition) is 3. The van der Waals surface area contributed by atoms with Crippen LogP contribution in [0.1, 0.15) is 0 Å². The highest BCUT2D eigenvalue weighted by molar-refractivity contribution is 9.10. The minimum absolute atomic E-state index is 0.285. The molecule has 0 saturated carbocycles. The van der Waals surface area contributed by atoms with Crippen molar-refractivity contribution in [3.8, 4) is 0 Å². The Morgan fingerprint density at radius 3 is 2.80 bits per heavy atom. The van der Waals surface area contributed by atoms with Crippen LogP contribution in [0.25, 0.3) is 0 Å². The molecule has 0 bridgehead atoms. The van der Waals surface area contributed by atoms with Gasteiger partial charge in [-0.2, -0.15) is 0 Å². The molecule has 4 nitrogen and oxygen atoms in total. The van der Waals surface area contributed by atoms with Crippen LogP contribution in [0.3, 0.4) is 0 Å². The van der Waals surface area contributed by atoms with Crippen molar-refractivity contribution in [1.82, 2.24) is 0 Å². The number of anilines is 1. The zero-order chi connectivity index (χ0) is 11.4. The maximum atomic E-state index is 10.7. The number of rotatable bonds is 4. The highest BCUT2D eigenvalue weighted by Gasteiger charge is 2.08. The Labute approximate surface area is 101 Å². The van der Waals surface area contributed by atoms with Crippen molar-refractivity contribution in [3.63, 3.8) is 0 Å². The van der Waals surface area contributed by atoms with E-state index in [4.69, 9.17) is 23.1 Å². The number of halogens is 2. The molecule has 82 valence electrons. The molecule has 1 unspecified atom stereocenters. The quantitative estimate of drug-likeness (QED) is 0.783. The van der Waals surface area contributed by atoms with Gasteiger partial charge in [0.2, 0.25) is 5.91 Å². The van der Waals surface area contributed by atoms with Crippen LogP contribution in [-0.4, -0.2) is 18.5 Å². The molecule has 5 N–H and O–H groups in total. The SMILES string of the molecule is NC(=O)C(N)CNc1ccc(Br)c(Cl)c1. The number of nitrogens with two attached hydrogens (primary N) is 2. The summed E-state index contributed by atoms with van der Waals surface area (Å²) in [5, 5.41) is 3.55. The number of primary amides is 1. The van der Waals surface area contributed by atoms with Crippen molar-refractivity contribution in [2.75, 3.05) is 11.9 Å². The molecule has 0 aliphatic heterocycles. The van der Waals surface area contributed by atoms with E-state index in [0.29, 0.717) is 5.02 Å². The number of benzene rings is 1. The van der Waals surface area contributed by atoms with E-state index < -0.39 is 11.9 Å². The van der Waals surface area contributed by atoms with E-state index in [-0.39, 0.29) is 6.54 Å². The second-order valence-electron chi connectivity index (χ2n) is 3.02. The number of carbonyl (C=O) groups excluding carboxylic acids is 1. The lowest BCUT2D eigenvalue weighted by Crippen LogP contribution is -2.41. The summed E-state index contributed by atoms with van der Waals surface area (Å²) in [5.74, 6) is -0.536. The third-order valence-corrected chi connectivity index (χ3v) is 3.04. The van der Waals surface area contributed by atoms with E-state index >= 15 is 0 Å². The minimum atomic E-state index is -0.701. The van der Waals surface area contributed by atoms with Gasteiger partial charge in [-0.1, -0.05) is 11.6 Å². The lowest BCUT2D eigenvalue weighted by molar-refractivity contribution is -0.118. The molecule has 6 heteroatoms. The first-order chi connectivity index (χ1) is 7.00. The van der Waals surface area contributed by atoms with Crippen molar-refractivity contribution < 1.29 is 4.79 Å². The van der Waals surface area contributed by atoms with Crippen molar-refractivity contribution >= 4 is 39.1 Å². The van der Waals surface area contributed by atoms with Crippen LogP contribution >= 0.6 is 27.5 Å². The molecule has 1 rings (SSSR count).